The van der Waals surface area contributed by atoms with Crippen molar-refractivity contribution in [1.82, 2.24) is 4.72 Å². The number of nitrogens with one attached hydrogen (secondary N) is 2. The third-order valence-electron chi connectivity index (χ3n) is 3.70. The van der Waals surface area contributed by atoms with E-state index in [0.29, 0.717) is 11.3 Å². The van der Waals surface area contributed by atoms with Crippen molar-refractivity contribution in [1.29, 1.82) is 0 Å². The molecule has 1 aliphatic rings. The van der Waals surface area contributed by atoms with Gasteiger partial charge in [0.05, 0.1) is 4.90 Å². The van der Waals surface area contributed by atoms with Crippen molar-refractivity contribution in [3.05, 3.63) is 47.5 Å². The van der Waals surface area contributed by atoms with E-state index in [1.54, 1.807) is 0 Å². The van der Waals surface area contributed by atoms with E-state index in [0.717, 1.165) is 0 Å². The molecule has 0 aromatic heterocycles. The molecule has 0 bridgehead atoms. The highest BCUT2D eigenvalue weighted by atomic mass is 32.2. The smallest absolute Gasteiger partial charge is 0.256 e. The van der Waals surface area contributed by atoms with Gasteiger partial charge >= 0.3 is 0 Å². The van der Waals surface area contributed by atoms with Crippen LogP contribution in [0.5, 0.6) is 11.5 Å². The van der Waals surface area contributed by atoms with Gasteiger partial charge in [0.1, 0.15) is 0 Å². The van der Waals surface area contributed by atoms with Gasteiger partial charge in [-0.25, -0.2) is 13.1 Å². The van der Waals surface area contributed by atoms with Crippen LogP contribution >= 0.6 is 0 Å². The van der Waals surface area contributed by atoms with Gasteiger partial charge in [0, 0.05) is 22.4 Å². The summed E-state index contributed by atoms with van der Waals surface area (Å²) in [5.41, 5.74) is 1.31. The van der Waals surface area contributed by atoms with Crippen molar-refractivity contribution in [3.8, 4) is 11.5 Å². The highest BCUT2D eigenvalue weighted by Gasteiger charge is 2.26. The first-order valence-corrected chi connectivity index (χ1v) is 8.44. The molecule has 0 saturated carbocycles. The molecule has 0 radical (unpaired) electrons. The molecule has 0 aliphatic carbocycles. The molecule has 0 fully saturated rings. The van der Waals surface area contributed by atoms with Crippen molar-refractivity contribution in [2.24, 2.45) is 0 Å². The number of anilines is 1. The molecule has 3 rings (SSSR count). The molecule has 0 spiro atoms. The number of benzene rings is 2. The Labute approximate surface area is 138 Å². The van der Waals surface area contributed by atoms with E-state index in [9.17, 15) is 23.4 Å². The summed E-state index contributed by atoms with van der Waals surface area (Å²) in [6.45, 7) is 0. The van der Waals surface area contributed by atoms with Gasteiger partial charge in [-0.2, -0.15) is 0 Å². The Balaban J connectivity index is 2.16. The van der Waals surface area contributed by atoms with Crippen molar-refractivity contribution in [2.45, 2.75) is 4.90 Å². The minimum Gasteiger partial charge on any atom is -0.504 e. The van der Waals surface area contributed by atoms with Crippen molar-refractivity contribution in [3.63, 3.8) is 0 Å². The van der Waals surface area contributed by atoms with Crippen LogP contribution in [-0.2, 0) is 14.8 Å². The summed E-state index contributed by atoms with van der Waals surface area (Å²) in [5.74, 6) is -1.09. The Hall–Kier alpha value is -2.84. The number of phenolic OH excluding ortho intramolecular Hbond substituents is 2. The van der Waals surface area contributed by atoms with E-state index in [-0.39, 0.29) is 27.5 Å². The SMILES string of the molecule is CNS(=O)(=O)c1ccc2c(c1)C(=Cc1cccc(O)c1O)C(=O)N2. The van der Waals surface area contributed by atoms with Crippen LogP contribution in [0, 0.1) is 0 Å². The van der Waals surface area contributed by atoms with Crippen LogP contribution in [0.4, 0.5) is 5.69 Å². The maximum Gasteiger partial charge on any atom is 0.256 e. The molecule has 0 atom stereocenters. The maximum atomic E-state index is 12.2. The van der Waals surface area contributed by atoms with Gasteiger partial charge < -0.3 is 15.5 Å². The lowest BCUT2D eigenvalue weighted by Crippen LogP contribution is -2.18. The van der Waals surface area contributed by atoms with Gasteiger partial charge in [-0.15, -0.1) is 0 Å². The molecule has 4 N–H and O–H groups in total. The summed E-state index contributed by atoms with van der Waals surface area (Å²) in [6, 6.07) is 8.64. The minimum absolute atomic E-state index is 0.0197. The molecular weight excluding hydrogens is 332 g/mol. The molecule has 2 aromatic rings. The number of rotatable bonds is 3. The number of fused-ring (bicyclic) bond motifs is 1. The van der Waals surface area contributed by atoms with Gasteiger partial charge in [0.2, 0.25) is 10.0 Å². The number of phenols is 2. The first kappa shape index (κ1) is 16.0. The summed E-state index contributed by atoms with van der Waals surface area (Å²) in [7, 11) is -2.35. The molecule has 1 amide bonds. The molecule has 1 heterocycles. The van der Waals surface area contributed by atoms with Crippen LogP contribution in [0.3, 0.4) is 0 Å². The van der Waals surface area contributed by atoms with E-state index in [1.165, 1.54) is 49.5 Å². The number of carbonyl (C=O) groups is 1. The Kier molecular flexibility index (Phi) is 3.78. The van der Waals surface area contributed by atoms with E-state index >= 15 is 0 Å². The second-order valence-corrected chi connectivity index (χ2v) is 7.03. The van der Waals surface area contributed by atoms with Crippen LogP contribution in [0.25, 0.3) is 11.6 Å². The molecule has 8 heteroatoms. The molecule has 124 valence electrons. The molecular formula is C16H14N2O5S. The second kappa shape index (κ2) is 5.66. The quantitative estimate of drug-likeness (QED) is 0.496. The number of hydrogen-bond donors (Lipinski definition) is 4. The van der Waals surface area contributed by atoms with Gasteiger partial charge in [0.15, 0.2) is 11.5 Å². The molecule has 0 saturated heterocycles. The van der Waals surface area contributed by atoms with E-state index in [1.807, 2.05) is 0 Å². The van der Waals surface area contributed by atoms with Gasteiger partial charge in [-0.3, -0.25) is 4.79 Å². The first-order valence-electron chi connectivity index (χ1n) is 6.95. The Morgan fingerprint density at radius 3 is 2.62 bits per heavy atom. The first-order chi connectivity index (χ1) is 11.3. The number of sulfonamides is 1. The zero-order valence-corrected chi connectivity index (χ0v) is 13.4. The monoisotopic (exact) mass is 346 g/mol. The summed E-state index contributed by atoms with van der Waals surface area (Å²) in [5, 5.41) is 22.1. The van der Waals surface area contributed by atoms with Crippen LogP contribution in [-0.4, -0.2) is 31.6 Å². The Morgan fingerprint density at radius 2 is 1.92 bits per heavy atom. The zero-order chi connectivity index (χ0) is 17.5. The predicted octanol–water partition coefficient (Wildman–Crippen LogP) is 1.50. The maximum absolute atomic E-state index is 12.2. The van der Waals surface area contributed by atoms with Crippen molar-refractivity contribution in [2.75, 3.05) is 12.4 Å². The number of amides is 1. The van der Waals surface area contributed by atoms with Gasteiger partial charge in [0.25, 0.3) is 5.91 Å². The summed E-state index contributed by atoms with van der Waals surface area (Å²) >= 11 is 0. The third kappa shape index (κ3) is 2.61. The number of carbonyl (C=O) groups excluding carboxylic acids is 1. The molecule has 24 heavy (non-hydrogen) atoms. The molecule has 0 unspecified atom stereocenters. The van der Waals surface area contributed by atoms with E-state index in [2.05, 4.69) is 10.0 Å². The summed E-state index contributed by atoms with van der Waals surface area (Å²) in [6.07, 6.45) is 1.39. The van der Waals surface area contributed by atoms with Gasteiger partial charge in [-0.1, -0.05) is 12.1 Å². The fraction of sp³-hybridized carbons (Fsp3) is 0.0625. The Morgan fingerprint density at radius 1 is 1.17 bits per heavy atom. The lowest BCUT2D eigenvalue weighted by Gasteiger charge is -2.06. The average Bonchev–Trinajstić information content (AvgIpc) is 2.87. The topological polar surface area (TPSA) is 116 Å². The predicted molar refractivity (Wildman–Crippen MR) is 89.0 cm³/mol. The molecule has 1 aliphatic heterocycles. The largest absolute Gasteiger partial charge is 0.504 e. The normalized spacial score (nSPS) is 15.4. The fourth-order valence-electron chi connectivity index (χ4n) is 2.42. The van der Waals surface area contributed by atoms with E-state index < -0.39 is 15.9 Å². The van der Waals surface area contributed by atoms with E-state index in [4.69, 9.17) is 0 Å². The molecule has 7 nitrogen and oxygen atoms in total. The average molecular weight is 346 g/mol. The third-order valence-corrected chi connectivity index (χ3v) is 5.11. The van der Waals surface area contributed by atoms with Crippen molar-refractivity contribution < 1.29 is 23.4 Å². The van der Waals surface area contributed by atoms with Crippen molar-refractivity contribution >= 4 is 33.3 Å². The Bertz CT molecular complexity index is 980. The number of para-hydroxylation sites is 1. The fourth-order valence-corrected chi connectivity index (χ4v) is 3.17. The minimum atomic E-state index is -3.65. The van der Waals surface area contributed by atoms with Crippen LogP contribution in [0.2, 0.25) is 0 Å². The zero-order valence-electron chi connectivity index (χ0n) is 12.6. The van der Waals surface area contributed by atoms with Crippen LogP contribution in [0.1, 0.15) is 11.1 Å². The number of aromatic hydroxyl groups is 2. The highest BCUT2D eigenvalue weighted by molar-refractivity contribution is 7.89. The standard InChI is InChI=1S/C16H14N2O5S/c1-17-24(22,23)10-5-6-13-11(8-10)12(16(21)18-13)7-9-3-2-4-14(19)15(9)20/h2-8,17,19-20H,1H3,(H,18,21). The summed E-state index contributed by atoms with van der Waals surface area (Å²) in [4.78, 5) is 12.2. The van der Waals surface area contributed by atoms with Crippen LogP contribution in [0.15, 0.2) is 41.3 Å². The number of hydrogen-bond acceptors (Lipinski definition) is 5. The van der Waals surface area contributed by atoms with Gasteiger partial charge in [-0.05, 0) is 37.4 Å². The second-order valence-electron chi connectivity index (χ2n) is 5.14. The lowest BCUT2D eigenvalue weighted by atomic mass is 10.0. The highest BCUT2D eigenvalue weighted by Crippen LogP contribution is 2.37. The summed E-state index contributed by atoms with van der Waals surface area (Å²) < 4.78 is 26.1. The lowest BCUT2D eigenvalue weighted by molar-refractivity contribution is -0.110. The van der Waals surface area contributed by atoms with Crippen LogP contribution < -0.4 is 10.0 Å². The molecule has 2 aromatic carbocycles.